The predicted molar refractivity (Wildman–Crippen MR) is 102 cm³/mol. The summed E-state index contributed by atoms with van der Waals surface area (Å²) in [5, 5.41) is 7.08. The van der Waals surface area contributed by atoms with Gasteiger partial charge in [0.05, 0.1) is 0 Å². The third-order valence-corrected chi connectivity index (χ3v) is 5.69. The maximum atomic E-state index is 5.52. The zero-order valence-corrected chi connectivity index (χ0v) is 16.3. The van der Waals surface area contributed by atoms with Gasteiger partial charge in [-0.1, -0.05) is 6.42 Å². The molecule has 0 unspecified atom stereocenters. The van der Waals surface area contributed by atoms with Crippen molar-refractivity contribution in [2.75, 3.05) is 46.4 Å². The average Bonchev–Trinajstić information content (AvgIpc) is 3.36. The highest BCUT2D eigenvalue weighted by Gasteiger charge is 2.42. The van der Waals surface area contributed by atoms with Gasteiger partial charge < -0.3 is 15.4 Å². The van der Waals surface area contributed by atoms with Gasteiger partial charge in [0.2, 0.25) is 0 Å². The second kappa shape index (κ2) is 9.04. The number of nitrogens with one attached hydrogen (secondary N) is 2. The average molecular weight is 339 g/mol. The Kier molecular flexibility index (Phi) is 7.35. The van der Waals surface area contributed by atoms with Crippen molar-refractivity contribution in [3.63, 3.8) is 0 Å². The summed E-state index contributed by atoms with van der Waals surface area (Å²) < 4.78 is 5.52. The molecule has 5 nitrogen and oxygen atoms in total. The van der Waals surface area contributed by atoms with E-state index in [1.807, 2.05) is 7.05 Å². The van der Waals surface area contributed by atoms with Crippen LogP contribution in [-0.4, -0.2) is 62.8 Å². The normalized spacial score (nSPS) is 21.6. The van der Waals surface area contributed by atoms with Crippen LogP contribution in [0.25, 0.3) is 0 Å². The van der Waals surface area contributed by atoms with Gasteiger partial charge in [0.1, 0.15) is 0 Å². The maximum Gasteiger partial charge on any atom is 0.191 e. The number of piperidine rings is 1. The van der Waals surface area contributed by atoms with E-state index in [-0.39, 0.29) is 5.54 Å². The molecule has 1 saturated carbocycles. The lowest BCUT2D eigenvalue weighted by atomic mass is 9.98. The molecule has 1 heterocycles. The highest BCUT2D eigenvalue weighted by molar-refractivity contribution is 5.79. The summed E-state index contributed by atoms with van der Waals surface area (Å²) in [5.74, 6) is 0.933. The zero-order valence-electron chi connectivity index (χ0n) is 16.3. The second-order valence-electron chi connectivity index (χ2n) is 8.09. The number of hydrogen-bond donors (Lipinski definition) is 2. The maximum absolute atomic E-state index is 5.52. The van der Waals surface area contributed by atoms with Crippen LogP contribution in [-0.2, 0) is 4.74 Å². The topological polar surface area (TPSA) is 48.9 Å². The van der Waals surface area contributed by atoms with Gasteiger partial charge in [0, 0.05) is 38.9 Å². The highest BCUT2D eigenvalue weighted by atomic mass is 16.5. The molecule has 0 atom stereocenters. The molecule has 140 valence electrons. The van der Waals surface area contributed by atoms with E-state index < -0.39 is 0 Å². The van der Waals surface area contributed by atoms with E-state index in [0.717, 1.165) is 38.7 Å². The fourth-order valence-corrected chi connectivity index (χ4v) is 3.53. The number of nitrogens with zero attached hydrogens (tertiary/aromatic N) is 2. The minimum absolute atomic E-state index is 0.171. The number of likely N-dealkylation sites (tertiary alicyclic amines) is 1. The minimum Gasteiger partial charge on any atom is -0.382 e. The van der Waals surface area contributed by atoms with Gasteiger partial charge in [-0.05, 0) is 71.4 Å². The quantitative estimate of drug-likeness (QED) is 0.385. The monoisotopic (exact) mass is 338 g/mol. The molecule has 24 heavy (non-hydrogen) atoms. The van der Waals surface area contributed by atoms with Crippen LogP contribution < -0.4 is 10.6 Å². The van der Waals surface area contributed by atoms with E-state index in [0.29, 0.717) is 5.41 Å². The van der Waals surface area contributed by atoms with Crippen molar-refractivity contribution < 1.29 is 4.74 Å². The van der Waals surface area contributed by atoms with Crippen molar-refractivity contribution in [1.29, 1.82) is 0 Å². The summed E-state index contributed by atoms with van der Waals surface area (Å²) in [6, 6.07) is 0. The zero-order chi connectivity index (χ0) is 17.5. The molecule has 1 aliphatic heterocycles. The molecular formula is C19H38N4O. The Labute approximate surface area is 148 Å². The molecule has 2 aliphatic rings. The molecule has 0 radical (unpaired) electrons. The first-order valence-electron chi connectivity index (χ1n) is 9.79. The van der Waals surface area contributed by atoms with Gasteiger partial charge in [0.15, 0.2) is 5.96 Å². The Balaban J connectivity index is 1.72. The lowest BCUT2D eigenvalue weighted by Gasteiger charge is -2.41. The first-order valence-corrected chi connectivity index (χ1v) is 9.79. The molecular weight excluding hydrogens is 300 g/mol. The third kappa shape index (κ3) is 5.92. The number of ether oxygens (including phenoxy) is 1. The van der Waals surface area contributed by atoms with E-state index in [4.69, 9.17) is 4.74 Å². The van der Waals surface area contributed by atoms with Gasteiger partial charge in [0.25, 0.3) is 0 Å². The number of aliphatic imine (C=N–C) groups is 1. The van der Waals surface area contributed by atoms with Gasteiger partial charge in [-0.25, -0.2) is 0 Å². The SMILES string of the molecule is CCOCCC1(CNC(=NC)NCC(C)(C)N2CCCCC2)CC1. The van der Waals surface area contributed by atoms with Crippen molar-refractivity contribution in [3.8, 4) is 0 Å². The minimum atomic E-state index is 0.171. The molecule has 2 N–H and O–H groups in total. The van der Waals surface area contributed by atoms with Crippen LogP contribution in [0.15, 0.2) is 4.99 Å². The lowest BCUT2D eigenvalue weighted by Crippen LogP contribution is -2.55. The van der Waals surface area contributed by atoms with Crippen LogP contribution >= 0.6 is 0 Å². The van der Waals surface area contributed by atoms with E-state index >= 15 is 0 Å². The number of rotatable bonds is 9. The van der Waals surface area contributed by atoms with Crippen molar-refractivity contribution in [2.45, 2.75) is 64.8 Å². The molecule has 1 aliphatic carbocycles. The van der Waals surface area contributed by atoms with E-state index in [1.54, 1.807) is 0 Å². The van der Waals surface area contributed by atoms with Gasteiger partial charge >= 0.3 is 0 Å². The summed E-state index contributed by atoms with van der Waals surface area (Å²) in [5.41, 5.74) is 0.611. The van der Waals surface area contributed by atoms with Crippen molar-refractivity contribution in [1.82, 2.24) is 15.5 Å². The molecule has 0 aromatic heterocycles. The van der Waals surface area contributed by atoms with Crippen molar-refractivity contribution in [3.05, 3.63) is 0 Å². The van der Waals surface area contributed by atoms with E-state index in [9.17, 15) is 0 Å². The smallest absolute Gasteiger partial charge is 0.191 e. The number of guanidine groups is 1. The van der Waals surface area contributed by atoms with Crippen LogP contribution in [0.2, 0.25) is 0 Å². The molecule has 2 fully saturated rings. The van der Waals surface area contributed by atoms with E-state index in [1.165, 1.54) is 45.2 Å². The Bertz CT molecular complexity index is 398. The van der Waals surface area contributed by atoms with Crippen LogP contribution in [0.5, 0.6) is 0 Å². The van der Waals surface area contributed by atoms with Crippen molar-refractivity contribution in [2.24, 2.45) is 10.4 Å². The summed E-state index contributed by atoms with van der Waals surface area (Å²) in [6.45, 7) is 12.8. The summed E-state index contributed by atoms with van der Waals surface area (Å²) in [4.78, 5) is 7.02. The Morgan fingerprint density at radius 2 is 1.88 bits per heavy atom. The first kappa shape index (κ1) is 19.5. The standard InChI is InChI=1S/C19H38N4O/c1-5-24-14-11-19(9-10-19)16-22-17(20-4)21-15-18(2,3)23-12-7-6-8-13-23/h5-16H2,1-4H3,(H2,20,21,22). The van der Waals surface area contributed by atoms with Gasteiger partial charge in [-0.3, -0.25) is 9.89 Å². The molecule has 0 amide bonds. The van der Waals surface area contributed by atoms with Crippen LogP contribution in [0.4, 0.5) is 0 Å². The molecule has 0 spiro atoms. The van der Waals surface area contributed by atoms with Gasteiger partial charge in [-0.15, -0.1) is 0 Å². The van der Waals surface area contributed by atoms with Crippen molar-refractivity contribution >= 4 is 5.96 Å². The fourth-order valence-electron chi connectivity index (χ4n) is 3.53. The highest BCUT2D eigenvalue weighted by Crippen LogP contribution is 2.48. The molecule has 5 heteroatoms. The second-order valence-corrected chi connectivity index (χ2v) is 8.09. The number of hydrogen-bond acceptors (Lipinski definition) is 3. The third-order valence-electron chi connectivity index (χ3n) is 5.69. The first-order chi connectivity index (χ1) is 11.5. The van der Waals surface area contributed by atoms with Crippen LogP contribution in [0, 0.1) is 5.41 Å². The lowest BCUT2D eigenvalue weighted by molar-refractivity contribution is 0.0982. The Morgan fingerprint density at radius 1 is 1.17 bits per heavy atom. The largest absolute Gasteiger partial charge is 0.382 e. The Morgan fingerprint density at radius 3 is 2.46 bits per heavy atom. The summed E-state index contributed by atoms with van der Waals surface area (Å²) >= 11 is 0. The fraction of sp³-hybridized carbons (Fsp3) is 0.947. The van der Waals surface area contributed by atoms with E-state index in [2.05, 4.69) is 41.3 Å². The molecule has 1 saturated heterocycles. The summed E-state index contributed by atoms with van der Waals surface area (Å²) in [7, 11) is 1.86. The van der Waals surface area contributed by atoms with Gasteiger partial charge in [-0.2, -0.15) is 0 Å². The predicted octanol–water partition coefficient (Wildman–Crippen LogP) is 2.62. The molecule has 0 bridgehead atoms. The molecule has 0 aromatic rings. The Hall–Kier alpha value is -0.810. The molecule has 2 rings (SSSR count). The molecule has 0 aromatic carbocycles. The van der Waals surface area contributed by atoms with Crippen LogP contribution in [0.3, 0.4) is 0 Å². The van der Waals surface area contributed by atoms with Crippen LogP contribution in [0.1, 0.15) is 59.3 Å². The summed E-state index contributed by atoms with van der Waals surface area (Å²) in [6.07, 6.45) is 7.82.